The quantitative estimate of drug-likeness (QED) is 0.697. The molecule has 0 bridgehead atoms. The van der Waals surface area contributed by atoms with E-state index in [1.54, 1.807) is 25.1 Å². The molecule has 6 nitrogen and oxygen atoms in total. The van der Waals surface area contributed by atoms with Crippen LogP contribution in [0.3, 0.4) is 0 Å². The predicted molar refractivity (Wildman–Crippen MR) is 113 cm³/mol. The number of nitrogens with one attached hydrogen (secondary N) is 2. The summed E-state index contributed by atoms with van der Waals surface area (Å²) in [5.41, 5.74) is 3.02. The van der Waals surface area contributed by atoms with E-state index in [2.05, 4.69) is 15.0 Å². The van der Waals surface area contributed by atoms with Crippen molar-refractivity contribution in [1.29, 1.82) is 0 Å². The van der Waals surface area contributed by atoms with Crippen molar-refractivity contribution in [3.05, 3.63) is 84.4 Å². The highest BCUT2D eigenvalue weighted by Crippen LogP contribution is 2.28. The van der Waals surface area contributed by atoms with E-state index in [1.165, 1.54) is 6.07 Å². The smallest absolute Gasteiger partial charge is 0.263 e. The third-order valence-corrected chi connectivity index (χ3v) is 6.03. The fraction of sp³-hybridized carbons (Fsp3) is 0.0909. The minimum absolute atomic E-state index is 0.167. The number of amidine groups is 1. The van der Waals surface area contributed by atoms with Crippen LogP contribution in [0.2, 0.25) is 0 Å². The van der Waals surface area contributed by atoms with Gasteiger partial charge in [0.05, 0.1) is 4.90 Å². The fourth-order valence-electron chi connectivity index (χ4n) is 3.18. The molecule has 0 saturated carbocycles. The van der Waals surface area contributed by atoms with Crippen LogP contribution < -0.4 is 10.0 Å². The van der Waals surface area contributed by atoms with E-state index < -0.39 is 16.1 Å². The number of fused-ring (bicyclic) bond motifs is 1. The molecule has 1 atom stereocenters. The largest absolute Gasteiger partial charge is 0.324 e. The number of benzene rings is 3. The minimum Gasteiger partial charge on any atom is -0.324 e. The normalized spacial score (nSPS) is 16.7. The van der Waals surface area contributed by atoms with Gasteiger partial charge in [0.25, 0.3) is 10.0 Å². The van der Waals surface area contributed by atoms with Crippen LogP contribution in [0.4, 0.5) is 5.69 Å². The summed E-state index contributed by atoms with van der Waals surface area (Å²) in [5, 5.41) is 2.90. The number of hydrogen-bond donors (Lipinski definition) is 2. The average molecular weight is 405 g/mol. The Morgan fingerprint density at radius 3 is 2.28 bits per heavy atom. The van der Waals surface area contributed by atoms with Crippen LogP contribution >= 0.6 is 0 Å². The van der Waals surface area contributed by atoms with Crippen LogP contribution in [0.25, 0.3) is 11.1 Å². The highest BCUT2D eigenvalue weighted by atomic mass is 32.2. The molecule has 0 saturated heterocycles. The number of aliphatic imine (C=N–C) groups is 1. The summed E-state index contributed by atoms with van der Waals surface area (Å²) in [6.07, 6.45) is 0. The molecule has 0 radical (unpaired) electrons. The molecule has 3 aromatic rings. The van der Waals surface area contributed by atoms with Crippen molar-refractivity contribution >= 4 is 27.5 Å². The van der Waals surface area contributed by atoms with E-state index in [0.717, 1.165) is 11.1 Å². The molecule has 3 aromatic carbocycles. The number of amides is 1. The zero-order valence-electron chi connectivity index (χ0n) is 15.7. The van der Waals surface area contributed by atoms with Crippen molar-refractivity contribution < 1.29 is 13.2 Å². The standard InChI is InChI=1S/C22H19N3O3S/c1-15(23-21-18-12-6-8-14-20(18)29(27,28)25-21)22(26)24-19-13-7-5-11-17(19)16-9-3-2-4-10-16/h2-15H,1H3,(H,23,25)(H,24,26)/t15-/m0/s1. The second-order valence-electron chi connectivity index (χ2n) is 6.66. The van der Waals surface area contributed by atoms with Gasteiger partial charge in [-0.1, -0.05) is 60.7 Å². The van der Waals surface area contributed by atoms with Crippen LogP contribution in [0.1, 0.15) is 12.5 Å². The Morgan fingerprint density at radius 1 is 0.897 bits per heavy atom. The van der Waals surface area contributed by atoms with Crippen LogP contribution in [-0.2, 0) is 14.8 Å². The molecule has 1 aliphatic heterocycles. The summed E-state index contributed by atoms with van der Waals surface area (Å²) >= 11 is 0. The first kappa shape index (κ1) is 18.9. The summed E-state index contributed by atoms with van der Waals surface area (Å²) in [6, 6.07) is 23.0. The van der Waals surface area contributed by atoms with Crippen LogP contribution in [0.5, 0.6) is 0 Å². The topological polar surface area (TPSA) is 87.6 Å². The average Bonchev–Trinajstić information content (AvgIpc) is 2.99. The van der Waals surface area contributed by atoms with E-state index in [1.807, 2.05) is 54.6 Å². The van der Waals surface area contributed by atoms with Gasteiger partial charge in [-0.15, -0.1) is 0 Å². The molecule has 2 N–H and O–H groups in total. The number of carbonyl (C=O) groups is 1. The van der Waals surface area contributed by atoms with Crippen LogP contribution in [0, 0.1) is 0 Å². The van der Waals surface area contributed by atoms with Gasteiger partial charge < -0.3 is 5.32 Å². The lowest BCUT2D eigenvalue weighted by molar-refractivity contribution is -0.117. The van der Waals surface area contributed by atoms with Gasteiger partial charge in [0, 0.05) is 16.8 Å². The molecular weight excluding hydrogens is 386 g/mol. The highest BCUT2D eigenvalue weighted by molar-refractivity contribution is 7.90. The molecule has 0 aliphatic carbocycles. The number of sulfonamides is 1. The Bertz CT molecular complexity index is 1200. The van der Waals surface area contributed by atoms with Crippen molar-refractivity contribution in [3.63, 3.8) is 0 Å². The van der Waals surface area contributed by atoms with E-state index in [0.29, 0.717) is 11.3 Å². The van der Waals surface area contributed by atoms with Crippen molar-refractivity contribution in [2.75, 3.05) is 5.32 Å². The first-order chi connectivity index (χ1) is 14.0. The van der Waals surface area contributed by atoms with Gasteiger partial charge in [0.2, 0.25) is 5.91 Å². The Labute approximate surface area is 169 Å². The second kappa shape index (κ2) is 7.52. The van der Waals surface area contributed by atoms with Crippen molar-refractivity contribution in [2.24, 2.45) is 4.99 Å². The number of nitrogens with zero attached hydrogens (tertiary/aromatic N) is 1. The van der Waals surface area contributed by atoms with Crippen molar-refractivity contribution in [3.8, 4) is 11.1 Å². The van der Waals surface area contributed by atoms with Gasteiger partial charge in [-0.3, -0.25) is 14.5 Å². The second-order valence-corrected chi connectivity index (χ2v) is 8.31. The van der Waals surface area contributed by atoms with E-state index in [4.69, 9.17) is 0 Å². The summed E-state index contributed by atoms with van der Waals surface area (Å²) in [6.45, 7) is 1.63. The molecule has 0 spiro atoms. The van der Waals surface area contributed by atoms with Gasteiger partial charge in [0.15, 0.2) is 0 Å². The third kappa shape index (κ3) is 3.77. The fourth-order valence-corrected chi connectivity index (χ4v) is 4.42. The van der Waals surface area contributed by atoms with Gasteiger partial charge in [-0.25, -0.2) is 8.42 Å². The molecule has 146 valence electrons. The Kier molecular flexibility index (Phi) is 4.90. The first-order valence-electron chi connectivity index (χ1n) is 9.11. The predicted octanol–water partition coefficient (Wildman–Crippen LogP) is 3.42. The number of rotatable bonds is 4. The maximum absolute atomic E-state index is 12.8. The molecule has 4 rings (SSSR count). The lowest BCUT2D eigenvalue weighted by Gasteiger charge is -2.13. The Morgan fingerprint density at radius 2 is 1.52 bits per heavy atom. The SMILES string of the molecule is C[C@H](N=C1NS(=O)(=O)c2ccccc21)C(=O)Nc1ccccc1-c1ccccc1. The lowest BCUT2D eigenvalue weighted by atomic mass is 10.0. The summed E-state index contributed by atoms with van der Waals surface area (Å²) in [7, 11) is -3.64. The molecule has 1 aliphatic rings. The van der Waals surface area contributed by atoms with Gasteiger partial charge in [0.1, 0.15) is 11.9 Å². The lowest BCUT2D eigenvalue weighted by Crippen LogP contribution is -2.29. The van der Waals surface area contributed by atoms with Crippen molar-refractivity contribution in [1.82, 2.24) is 4.72 Å². The maximum Gasteiger partial charge on any atom is 0.263 e. The van der Waals surface area contributed by atoms with Gasteiger partial charge >= 0.3 is 0 Å². The Balaban J connectivity index is 1.59. The molecule has 0 aromatic heterocycles. The molecule has 0 fully saturated rings. The summed E-state index contributed by atoms with van der Waals surface area (Å²) in [5.74, 6) is -0.149. The van der Waals surface area contributed by atoms with E-state index in [-0.39, 0.29) is 16.6 Å². The van der Waals surface area contributed by atoms with E-state index in [9.17, 15) is 13.2 Å². The van der Waals surface area contributed by atoms with E-state index >= 15 is 0 Å². The molecular formula is C22H19N3O3S. The van der Waals surface area contributed by atoms with Gasteiger partial charge in [-0.2, -0.15) is 0 Å². The zero-order valence-corrected chi connectivity index (χ0v) is 16.5. The van der Waals surface area contributed by atoms with Crippen LogP contribution in [-0.4, -0.2) is 26.2 Å². The molecule has 1 amide bonds. The minimum atomic E-state index is -3.64. The molecule has 29 heavy (non-hydrogen) atoms. The number of carbonyl (C=O) groups excluding carboxylic acids is 1. The Hall–Kier alpha value is -3.45. The summed E-state index contributed by atoms with van der Waals surface area (Å²) in [4.78, 5) is 17.3. The zero-order chi connectivity index (χ0) is 20.4. The molecule has 7 heteroatoms. The first-order valence-corrected chi connectivity index (χ1v) is 10.6. The van der Waals surface area contributed by atoms with Crippen LogP contribution in [0.15, 0.2) is 88.8 Å². The number of anilines is 1. The maximum atomic E-state index is 12.8. The summed E-state index contributed by atoms with van der Waals surface area (Å²) < 4.78 is 26.9. The molecule has 1 heterocycles. The van der Waals surface area contributed by atoms with Gasteiger partial charge in [-0.05, 0) is 30.7 Å². The third-order valence-electron chi connectivity index (χ3n) is 4.63. The molecule has 0 unspecified atom stereocenters. The monoisotopic (exact) mass is 405 g/mol. The number of hydrogen-bond acceptors (Lipinski definition) is 4. The van der Waals surface area contributed by atoms with Crippen molar-refractivity contribution in [2.45, 2.75) is 17.9 Å². The highest BCUT2D eigenvalue weighted by Gasteiger charge is 2.31. The number of para-hydroxylation sites is 1.